The van der Waals surface area contributed by atoms with Gasteiger partial charge in [0.2, 0.25) is 0 Å². The molecule has 1 aliphatic rings. The second kappa shape index (κ2) is 6.05. The number of benzene rings is 1. The lowest BCUT2D eigenvalue weighted by Crippen LogP contribution is -2.49. The predicted molar refractivity (Wildman–Crippen MR) is 76.1 cm³/mol. The lowest BCUT2D eigenvalue weighted by molar-refractivity contribution is 0.0709. The van der Waals surface area contributed by atoms with Gasteiger partial charge in [0.25, 0.3) is 0 Å². The van der Waals surface area contributed by atoms with Gasteiger partial charge in [-0.3, -0.25) is 0 Å². The van der Waals surface area contributed by atoms with E-state index in [4.69, 9.17) is 10.5 Å². The SMILES string of the molecule is COC1CCN(c2ccc(C)cc2C#N)C(CN)C1. The summed E-state index contributed by atoms with van der Waals surface area (Å²) in [7, 11) is 1.75. The van der Waals surface area contributed by atoms with Gasteiger partial charge in [0.1, 0.15) is 6.07 Å². The van der Waals surface area contributed by atoms with E-state index in [2.05, 4.69) is 11.0 Å². The number of ether oxygens (including phenoxy) is 1. The maximum Gasteiger partial charge on any atom is 0.101 e. The van der Waals surface area contributed by atoms with E-state index < -0.39 is 0 Å². The highest BCUT2D eigenvalue weighted by Gasteiger charge is 2.28. The number of piperidine rings is 1. The minimum absolute atomic E-state index is 0.244. The molecule has 2 atom stereocenters. The Morgan fingerprint density at radius 3 is 2.95 bits per heavy atom. The first-order chi connectivity index (χ1) is 9.19. The van der Waals surface area contributed by atoms with Crippen LogP contribution in [0.15, 0.2) is 18.2 Å². The lowest BCUT2D eigenvalue weighted by atomic mass is 9.97. The molecule has 1 fully saturated rings. The molecule has 0 aliphatic carbocycles. The van der Waals surface area contributed by atoms with Crippen molar-refractivity contribution in [3.63, 3.8) is 0 Å². The van der Waals surface area contributed by atoms with Crippen molar-refractivity contribution < 1.29 is 4.74 Å². The summed E-state index contributed by atoms with van der Waals surface area (Å²) < 4.78 is 5.44. The van der Waals surface area contributed by atoms with E-state index in [1.807, 2.05) is 25.1 Å². The van der Waals surface area contributed by atoms with Crippen LogP contribution in [-0.4, -0.2) is 32.3 Å². The molecule has 2 unspecified atom stereocenters. The molecule has 0 saturated carbocycles. The highest BCUT2D eigenvalue weighted by atomic mass is 16.5. The molecule has 4 nitrogen and oxygen atoms in total. The van der Waals surface area contributed by atoms with Crippen molar-refractivity contribution in [2.24, 2.45) is 5.73 Å². The van der Waals surface area contributed by atoms with Gasteiger partial charge >= 0.3 is 0 Å². The van der Waals surface area contributed by atoms with Crippen molar-refractivity contribution in [1.82, 2.24) is 0 Å². The van der Waals surface area contributed by atoms with Crippen molar-refractivity contribution in [3.05, 3.63) is 29.3 Å². The normalized spacial score (nSPS) is 23.2. The standard InChI is InChI=1S/C15H21N3O/c1-11-3-4-15(12(7-11)9-16)18-6-5-14(19-2)8-13(18)10-17/h3-4,7,13-14H,5-6,8,10,17H2,1-2H3. The number of nitriles is 1. The van der Waals surface area contributed by atoms with Crippen LogP contribution in [-0.2, 0) is 4.74 Å². The molecular weight excluding hydrogens is 238 g/mol. The van der Waals surface area contributed by atoms with E-state index in [-0.39, 0.29) is 12.1 Å². The number of hydrogen-bond acceptors (Lipinski definition) is 4. The number of nitrogens with zero attached hydrogens (tertiary/aromatic N) is 2. The summed E-state index contributed by atoms with van der Waals surface area (Å²) in [6, 6.07) is 8.55. The second-order valence-corrected chi connectivity index (χ2v) is 5.10. The number of methoxy groups -OCH3 is 1. The molecular formula is C15H21N3O. The van der Waals surface area contributed by atoms with Crippen molar-refractivity contribution in [1.29, 1.82) is 5.26 Å². The Morgan fingerprint density at radius 1 is 1.53 bits per heavy atom. The first-order valence-corrected chi connectivity index (χ1v) is 6.69. The Hall–Kier alpha value is -1.57. The van der Waals surface area contributed by atoms with E-state index in [9.17, 15) is 5.26 Å². The van der Waals surface area contributed by atoms with E-state index in [1.54, 1.807) is 7.11 Å². The van der Waals surface area contributed by atoms with Crippen LogP contribution in [0.1, 0.15) is 24.0 Å². The summed E-state index contributed by atoms with van der Waals surface area (Å²) in [5, 5.41) is 9.30. The third-order valence-electron chi connectivity index (χ3n) is 3.86. The van der Waals surface area contributed by atoms with Crippen LogP contribution in [0.2, 0.25) is 0 Å². The van der Waals surface area contributed by atoms with Gasteiger partial charge < -0.3 is 15.4 Å². The minimum Gasteiger partial charge on any atom is -0.381 e. The Bertz CT molecular complexity index is 481. The number of nitrogens with two attached hydrogens (primary N) is 1. The molecule has 0 radical (unpaired) electrons. The third kappa shape index (κ3) is 2.89. The van der Waals surface area contributed by atoms with Gasteiger partial charge in [0.05, 0.1) is 17.4 Å². The van der Waals surface area contributed by atoms with Gasteiger partial charge in [0, 0.05) is 26.2 Å². The maximum absolute atomic E-state index is 9.30. The Balaban J connectivity index is 2.28. The van der Waals surface area contributed by atoms with E-state index in [0.29, 0.717) is 6.54 Å². The zero-order chi connectivity index (χ0) is 13.8. The quantitative estimate of drug-likeness (QED) is 0.899. The molecule has 0 aromatic heterocycles. The van der Waals surface area contributed by atoms with Crippen molar-refractivity contribution >= 4 is 5.69 Å². The highest BCUT2D eigenvalue weighted by Crippen LogP contribution is 2.29. The summed E-state index contributed by atoms with van der Waals surface area (Å²) >= 11 is 0. The van der Waals surface area contributed by atoms with Gasteiger partial charge in [-0.15, -0.1) is 0 Å². The van der Waals surface area contributed by atoms with E-state index in [1.165, 1.54) is 0 Å². The fourth-order valence-electron chi connectivity index (χ4n) is 2.76. The minimum atomic E-state index is 0.244. The number of anilines is 1. The van der Waals surface area contributed by atoms with Crippen LogP contribution in [0.3, 0.4) is 0 Å². The first kappa shape index (κ1) is 13.9. The van der Waals surface area contributed by atoms with Crippen LogP contribution >= 0.6 is 0 Å². The van der Waals surface area contributed by atoms with Gasteiger partial charge in [-0.05, 0) is 37.5 Å². The fraction of sp³-hybridized carbons (Fsp3) is 0.533. The fourth-order valence-corrected chi connectivity index (χ4v) is 2.76. The summed E-state index contributed by atoms with van der Waals surface area (Å²) in [6.45, 7) is 3.47. The first-order valence-electron chi connectivity index (χ1n) is 6.69. The largest absolute Gasteiger partial charge is 0.381 e. The van der Waals surface area contributed by atoms with Crippen LogP contribution in [0, 0.1) is 18.3 Å². The highest BCUT2D eigenvalue weighted by molar-refractivity contribution is 5.61. The molecule has 1 heterocycles. The molecule has 1 aromatic rings. The van der Waals surface area contributed by atoms with Gasteiger partial charge in [0.15, 0.2) is 0 Å². The molecule has 2 N–H and O–H groups in total. The molecule has 2 rings (SSSR count). The molecule has 0 amide bonds. The van der Waals surface area contributed by atoms with Gasteiger partial charge in [-0.25, -0.2) is 0 Å². The van der Waals surface area contributed by atoms with Crippen molar-refractivity contribution in [2.45, 2.75) is 31.9 Å². The third-order valence-corrected chi connectivity index (χ3v) is 3.86. The molecule has 1 aromatic carbocycles. The van der Waals surface area contributed by atoms with Crippen LogP contribution < -0.4 is 10.6 Å². The molecule has 1 saturated heterocycles. The Labute approximate surface area is 114 Å². The van der Waals surface area contributed by atoms with Crippen LogP contribution in [0.4, 0.5) is 5.69 Å². The molecule has 4 heteroatoms. The molecule has 0 bridgehead atoms. The van der Waals surface area contributed by atoms with E-state index in [0.717, 1.165) is 36.2 Å². The van der Waals surface area contributed by atoms with Crippen molar-refractivity contribution in [2.75, 3.05) is 25.1 Å². The summed E-state index contributed by atoms with van der Waals surface area (Å²) in [5.74, 6) is 0. The van der Waals surface area contributed by atoms with Crippen LogP contribution in [0.25, 0.3) is 0 Å². The lowest BCUT2D eigenvalue weighted by Gasteiger charge is -2.40. The summed E-state index contributed by atoms with van der Waals surface area (Å²) in [4.78, 5) is 2.26. The van der Waals surface area contributed by atoms with Crippen LogP contribution in [0.5, 0.6) is 0 Å². The van der Waals surface area contributed by atoms with E-state index >= 15 is 0 Å². The molecule has 102 valence electrons. The predicted octanol–water partition coefficient (Wildman–Crippen LogP) is 1.81. The Morgan fingerprint density at radius 2 is 2.32 bits per heavy atom. The molecule has 0 spiro atoms. The van der Waals surface area contributed by atoms with Crippen molar-refractivity contribution in [3.8, 4) is 6.07 Å². The number of hydrogen-bond donors (Lipinski definition) is 1. The second-order valence-electron chi connectivity index (χ2n) is 5.10. The number of rotatable bonds is 3. The van der Waals surface area contributed by atoms with Gasteiger partial charge in [-0.1, -0.05) is 6.07 Å². The molecule has 19 heavy (non-hydrogen) atoms. The van der Waals surface area contributed by atoms with Gasteiger partial charge in [-0.2, -0.15) is 5.26 Å². The topological polar surface area (TPSA) is 62.3 Å². The monoisotopic (exact) mass is 259 g/mol. The smallest absolute Gasteiger partial charge is 0.101 e. The average molecular weight is 259 g/mol. The average Bonchev–Trinajstić information content (AvgIpc) is 2.46. The number of aryl methyl sites for hydroxylation is 1. The maximum atomic E-state index is 9.30. The zero-order valence-corrected chi connectivity index (χ0v) is 11.6. The zero-order valence-electron chi connectivity index (χ0n) is 11.6. The summed E-state index contributed by atoms with van der Waals surface area (Å²) in [5.41, 5.74) is 8.73. The Kier molecular flexibility index (Phi) is 4.41. The summed E-state index contributed by atoms with van der Waals surface area (Å²) in [6.07, 6.45) is 2.18. The molecule has 1 aliphatic heterocycles.